The second-order valence-electron chi connectivity index (χ2n) is 12.7. The van der Waals surface area contributed by atoms with Gasteiger partial charge in [-0.05, 0) is 107 Å². The van der Waals surface area contributed by atoms with Gasteiger partial charge in [-0.15, -0.1) is 0 Å². The highest BCUT2D eigenvalue weighted by molar-refractivity contribution is 5.78. The van der Waals surface area contributed by atoms with Gasteiger partial charge >= 0.3 is 0 Å². The van der Waals surface area contributed by atoms with E-state index in [1.165, 1.54) is 30.3 Å². The van der Waals surface area contributed by atoms with Gasteiger partial charge in [-0.25, -0.2) is 13.2 Å². The lowest BCUT2D eigenvalue weighted by molar-refractivity contribution is 0.0430. The van der Waals surface area contributed by atoms with Crippen molar-refractivity contribution in [2.75, 3.05) is 39.6 Å². The van der Waals surface area contributed by atoms with Crippen LogP contribution in [0.4, 0.5) is 22.0 Å². The first kappa shape index (κ1) is 38.1. The Morgan fingerprint density at radius 3 is 1.71 bits per heavy atom. The molecule has 1 atom stereocenters. The Morgan fingerprint density at radius 2 is 1.14 bits per heavy atom. The minimum Gasteiger partial charge on any atom is -0.490 e. The number of halogens is 5. The molecule has 1 unspecified atom stereocenters. The van der Waals surface area contributed by atoms with E-state index >= 15 is 0 Å². The van der Waals surface area contributed by atoms with Gasteiger partial charge in [-0.2, -0.15) is 8.78 Å². The summed E-state index contributed by atoms with van der Waals surface area (Å²) in [5.74, 6) is -4.72. The number of unbranched alkanes of at least 4 members (excludes halogenated alkanes) is 4. The minimum absolute atomic E-state index is 0.00453. The van der Waals surface area contributed by atoms with Gasteiger partial charge < -0.3 is 18.9 Å². The summed E-state index contributed by atoms with van der Waals surface area (Å²) in [4.78, 5) is 0. The lowest BCUT2D eigenvalue weighted by Gasteiger charge is -2.15. The third kappa shape index (κ3) is 11.2. The van der Waals surface area contributed by atoms with Gasteiger partial charge in [-0.1, -0.05) is 36.8 Å². The summed E-state index contributed by atoms with van der Waals surface area (Å²) in [6.45, 7) is 8.56. The van der Waals surface area contributed by atoms with Crippen molar-refractivity contribution in [1.82, 2.24) is 0 Å². The van der Waals surface area contributed by atoms with Crippen molar-refractivity contribution in [3.05, 3.63) is 100 Å². The maximum atomic E-state index is 14.7. The number of ether oxygens (including phenoxy) is 4. The fourth-order valence-electron chi connectivity index (χ4n) is 5.59. The number of allylic oxidation sites excluding steroid dienone is 4. The van der Waals surface area contributed by atoms with Crippen LogP contribution in [0.1, 0.15) is 76.3 Å². The van der Waals surface area contributed by atoms with Crippen LogP contribution in [0.3, 0.4) is 0 Å². The number of benzene rings is 3. The maximum absolute atomic E-state index is 14.7. The van der Waals surface area contributed by atoms with E-state index in [2.05, 4.69) is 6.92 Å². The molecule has 0 fully saturated rings. The normalized spacial score (nSPS) is 13.6. The average molecular weight is 687 g/mol. The van der Waals surface area contributed by atoms with Crippen molar-refractivity contribution >= 4 is 5.57 Å². The summed E-state index contributed by atoms with van der Waals surface area (Å²) in [7, 11) is 0. The molecule has 0 heterocycles. The van der Waals surface area contributed by atoms with Crippen molar-refractivity contribution in [1.29, 1.82) is 0 Å². The summed E-state index contributed by atoms with van der Waals surface area (Å²) >= 11 is 0. The molecule has 1 aliphatic carbocycles. The maximum Gasteiger partial charge on any atom is 0.201 e. The first-order valence-corrected chi connectivity index (χ1v) is 17.2. The predicted molar refractivity (Wildman–Crippen MR) is 183 cm³/mol. The molecule has 0 bridgehead atoms. The van der Waals surface area contributed by atoms with E-state index in [0.717, 1.165) is 49.7 Å². The topological polar surface area (TPSA) is 36.9 Å². The van der Waals surface area contributed by atoms with Gasteiger partial charge in [0.25, 0.3) is 0 Å². The zero-order chi connectivity index (χ0) is 35.2. The van der Waals surface area contributed by atoms with Crippen LogP contribution in [0.5, 0.6) is 11.5 Å². The zero-order valence-electron chi connectivity index (χ0n) is 28.7. The molecule has 0 aliphatic heterocycles. The molecule has 0 amide bonds. The molecule has 3 aromatic rings. The third-order valence-electron chi connectivity index (χ3n) is 8.41. The van der Waals surface area contributed by atoms with Crippen LogP contribution >= 0.6 is 0 Å². The second kappa shape index (κ2) is 19.5. The van der Waals surface area contributed by atoms with Crippen LogP contribution in [0.15, 0.2) is 60.2 Å². The Bertz CT molecular complexity index is 1590. The summed E-state index contributed by atoms with van der Waals surface area (Å²) in [5.41, 5.74) is 2.62. The standard InChI is InChI=1S/C40H47F5O4/c1-27-14-15-31(34(41)24-27)33-17-19-36(40(45)38(33)43)49-23-11-5-9-21-47-26-28(2)25-46-20-8-4-10-22-48-35-18-16-32(37(42)39(35)44)30-13-7-6-12-29(30)3/h7,13-19,24,28H,4-6,8-12,20-23,25-26H2,1-3H3. The van der Waals surface area contributed by atoms with E-state index in [0.29, 0.717) is 51.4 Å². The minimum atomic E-state index is -1.13. The lowest BCUT2D eigenvalue weighted by atomic mass is 9.93. The smallest absolute Gasteiger partial charge is 0.201 e. The molecule has 49 heavy (non-hydrogen) atoms. The highest BCUT2D eigenvalue weighted by atomic mass is 19.2. The summed E-state index contributed by atoms with van der Waals surface area (Å²) in [6, 6.07) is 10.1. The first-order valence-electron chi connectivity index (χ1n) is 17.2. The Morgan fingerprint density at radius 1 is 0.612 bits per heavy atom. The van der Waals surface area contributed by atoms with Crippen LogP contribution in [0.25, 0.3) is 16.7 Å². The molecule has 0 radical (unpaired) electrons. The summed E-state index contributed by atoms with van der Waals surface area (Å²) in [6.07, 6.45) is 10.2. The monoisotopic (exact) mass is 686 g/mol. The van der Waals surface area contributed by atoms with Gasteiger partial charge in [0.1, 0.15) is 5.82 Å². The predicted octanol–water partition coefficient (Wildman–Crippen LogP) is 10.9. The van der Waals surface area contributed by atoms with E-state index in [4.69, 9.17) is 18.9 Å². The Kier molecular flexibility index (Phi) is 15.2. The lowest BCUT2D eigenvalue weighted by Crippen LogP contribution is -2.14. The van der Waals surface area contributed by atoms with Crippen LogP contribution in [0, 0.1) is 41.9 Å². The number of hydrogen-bond donors (Lipinski definition) is 0. The van der Waals surface area contributed by atoms with E-state index in [1.807, 2.05) is 19.1 Å². The van der Waals surface area contributed by atoms with Gasteiger partial charge in [0.15, 0.2) is 23.1 Å². The molecule has 4 nitrogen and oxygen atoms in total. The fourth-order valence-corrected chi connectivity index (χ4v) is 5.59. The zero-order valence-corrected chi connectivity index (χ0v) is 28.7. The van der Waals surface area contributed by atoms with Crippen molar-refractivity contribution < 1.29 is 40.9 Å². The molecule has 1 aliphatic rings. The Balaban J connectivity index is 0.995. The van der Waals surface area contributed by atoms with Crippen molar-refractivity contribution in [3.8, 4) is 22.6 Å². The molecular weight excluding hydrogens is 639 g/mol. The third-order valence-corrected chi connectivity index (χ3v) is 8.41. The highest BCUT2D eigenvalue weighted by Crippen LogP contribution is 2.34. The molecular formula is C40H47F5O4. The van der Waals surface area contributed by atoms with Gasteiger partial charge in [0, 0.05) is 35.8 Å². The SMILES string of the molecule is CC1=C(c2ccc(OCCCCCOCC(C)COCCCCCOc3ccc(-c4ccc(C)cc4F)c(F)c3F)c(F)c2F)C=CCC1. The summed E-state index contributed by atoms with van der Waals surface area (Å²) in [5, 5.41) is 0. The molecule has 0 N–H and O–H groups in total. The molecule has 3 aromatic carbocycles. The molecule has 0 saturated heterocycles. The quantitative estimate of drug-likeness (QED) is 0.0876. The van der Waals surface area contributed by atoms with Crippen LogP contribution in [-0.4, -0.2) is 39.6 Å². The molecule has 0 spiro atoms. The Labute approximate surface area is 286 Å². The van der Waals surface area contributed by atoms with Gasteiger partial charge in [0.2, 0.25) is 11.6 Å². The van der Waals surface area contributed by atoms with Gasteiger partial charge in [0.05, 0.1) is 26.4 Å². The van der Waals surface area contributed by atoms with Crippen molar-refractivity contribution in [2.45, 2.75) is 72.1 Å². The van der Waals surface area contributed by atoms with Crippen LogP contribution in [0.2, 0.25) is 0 Å². The van der Waals surface area contributed by atoms with E-state index < -0.39 is 29.1 Å². The van der Waals surface area contributed by atoms with Gasteiger partial charge in [-0.3, -0.25) is 0 Å². The number of aryl methyl sites for hydroxylation is 1. The molecule has 266 valence electrons. The Hall–Kier alpha value is -3.69. The molecule has 0 aromatic heterocycles. The van der Waals surface area contributed by atoms with Crippen LogP contribution < -0.4 is 9.47 Å². The van der Waals surface area contributed by atoms with Crippen molar-refractivity contribution in [2.24, 2.45) is 5.92 Å². The molecule has 0 saturated carbocycles. The fraction of sp³-hybridized carbons (Fsp3) is 0.450. The highest BCUT2D eigenvalue weighted by Gasteiger charge is 2.20. The number of hydrogen-bond acceptors (Lipinski definition) is 4. The van der Waals surface area contributed by atoms with E-state index in [9.17, 15) is 22.0 Å². The van der Waals surface area contributed by atoms with Crippen molar-refractivity contribution in [3.63, 3.8) is 0 Å². The molecule has 9 heteroatoms. The largest absolute Gasteiger partial charge is 0.490 e. The van der Waals surface area contributed by atoms with E-state index in [-0.39, 0.29) is 40.7 Å². The van der Waals surface area contributed by atoms with Crippen LogP contribution in [-0.2, 0) is 9.47 Å². The second-order valence-corrected chi connectivity index (χ2v) is 12.7. The average Bonchev–Trinajstić information content (AvgIpc) is 3.08. The molecule has 4 rings (SSSR count). The number of rotatable bonds is 20. The summed E-state index contributed by atoms with van der Waals surface area (Å²) < 4.78 is 95.2. The van der Waals surface area contributed by atoms with E-state index in [1.54, 1.807) is 19.1 Å². The first-order chi connectivity index (χ1) is 23.7.